The zero-order chi connectivity index (χ0) is 16.2. The van der Waals surface area contributed by atoms with Crippen molar-refractivity contribution in [3.8, 4) is 0 Å². The molecule has 1 aromatic carbocycles. The topological polar surface area (TPSA) is 40.6 Å². The van der Waals surface area contributed by atoms with Crippen molar-refractivity contribution in [2.24, 2.45) is 5.92 Å². The molecule has 2 aliphatic rings. The first kappa shape index (κ1) is 16.0. The predicted molar refractivity (Wildman–Crippen MR) is 89.8 cm³/mol. The fraction of sp³-hybridized carbons (Fsp3) is 0.579. The van der Waals surface area contributed by atoms with E-state index in [9.17, 15) is 9.59 Å². The molecule has 0 N–H and O–H groups in total. The van der Waals surface area contributed by atoms with Gasteiger partial charge in [0.25, 0.3) is 0 Å². The molecule has 3 rings (SSSR count). The van der Waals surface area contributed by atoms with E-state index >= 15 is 0 Å². The number of carbonyl (C=O) groups excluding carboxylic acids is 2. The van der Waals surface area contributed by atoms with Crippen molar-refractivity contribution in [2.75, 3.05) is 20.1 Å². The number of nitrogens with zero attached hydrogens (tertiary/aromatic N) is 2. The van der Waals surface area contributed by atoms with E-state index < -0.39 is 0 Å². The van der Waals surface area contributed by atoms with E-state index in [2.05, 4.69) is 12.1 Å². The fourth-order valence-electron chi connectivity index (χ4n) is 3.75. The van der Waals surface area contributed by atoms with Crippen LogP contribution in [0.5, 0.6) is 0 Å². The molecule has 1 saturated carbocycles. The van der Waals surface area contributed by atoms with Crippen molar-refractivity contribution in [1.29, 1.82) is 0 Å². The van der Waals surface area contributed by atoms with Gasteiger partial charge in [0, 0.05) is 26.1 Å². The van der Waals surface area contributed by atoms with Crippen LogP contribution >= 0.6 is 0 Å². The lowest BCUT2D eigenvalue weighted by Crippen LogP contribution is -2.44. The number of likely N-dealkylation sites (N-methyl/N-ethyl adjacent to an activating group) is 1. The van der Waals surface area contributed by atoms with E-state index in [1.54, 1.807) is 11.9 Å². The zero-order valence-electron chi connectivity index (χ0n) is 14.0. The zero-order valence-corrected chi connectivity index (χ0v) is 14.0. The molecule has 1 aliphatic heterocycles. The lowest BCUT2D eigenvalue weighted by Gasteiger charge is -2.31. The number of hydrogen-bond acceptors (Lipinski definition) is 2. The second-order valence-electron chi connectivity index (χ2n) is 6.86. The van der Waals surface area contributed by atoms with Gasteiger partial charge in [0.05, 0.1) is 6.54 Å². The van der Waals surface area contributed by atoms with Crippen molar-refractivity contribution in [3.05, 3.63) is 35.4 Å². The average molecular weight is 314 g/mol. The Kier molecular flexibility index (Phi) is 4.99. The Morgan fingerprint density at radius 2 is 1.83 bits per heavy atom. The molecule has 0 aromatic heterocycles. The Morgan fingerprint density at radius 3 is 2.57 bits per heavy atom. The Labute approximate surface area is 138 Å². The highest BCUT2D eigenvalue weighted by Crippen LogP contribution is 2.25. The Morgan fingerprint density at radius 1 is 1.13 bits per heavy atom. The average Bonchev–Trinajstić information content (AvgIpc) is 2.61. The van der Waals surface area contributed by atoms with Gasteiger partial charge in [-0.2, -0.15) is 0 Å². The van der Waals surface area contributed by atoms with E-state index in [4.69, 9.17) is 0 Å². The van der Waals surface area contributed by atoms with Crippen molar-refractivity contribution in [2.45, 2.75) is 45.1 Å². The van der Waals surface area contributed by atoms with Gasteiger partial charge in [-0.25, -0.2) is 0 Å². The van der Waals surface area contributed by atoms with E-state index in [0.717, 1.165) is 38.6 Å². The van der Waals surface area contributed by atoms with Gasteiger partial charge < -0.3 is 9.80 Å². The van der Waals surface area contributed by atoms with Crippen molar-refractivity contribution >= 4 is 11.8 Å². The largest absolute Gasteiger partial charge is 0.336 e. The minimum absolute atomic E-state index is 0.0613. The minimum Gasteiger partial charge on any atom is -0.336 e. The van der Waals surface area contributed by atoms with Crippen LogP contribution in [0.15, 0.2) is 24.3 Å². The second-order valence-corrected chi connectivity index (χ2v) is 6.86. The monoisotopic (exact) mass is 314 g/mol. The number of benzene rings is 1. The molecule has 1 aromatic rings. The molecule has 0 saturated heterocycles. The van der Waals surface area contributed by atoms with Crippen LogP contribution in [0.1, 0.15) is 43.2 Å². The maximum atomic E-state index is 12.5. The quantitative estimate of drug-likeness (QED) is 0.860. The van der Waals surface area contributed by atoms with Crippen LogP contribution in [0, 0.1) is 5.92 Å². The molecule has 0 unspecified atom stereocenters. The number of amides is 2. The first-order valence-corrected chi connectivity index (χ1v) is 8.74. The Bertz CT molecular complexity index is 578. The van der Waals surface area contributed by atoms with E-state index in [-0.39, 0.29) is 24.3 Å². The van der Waals surface area contributed by atoms with Crippen LogP contribution < -0.4 is 0 Å². The highest BCUT2D eigenvalue weighted by atomic mass is 16.2. The van der Waals surface area contributed by atoms with Gasteiger partial charge in [-0.15, -0.1) is 0 Å². The third-order valence-electron chi connectivity index (χ3n) is 5.19. The van der Waals surface area contributed by atoms with Crippen molar-refractivity contribution in [3.63, 3.8) is 0 Å². The summed E-state index contributed by atoms with van der Waals surface area (Å²) >= 11 is 0. The summed E-state index contributed by atoms with van der Waals surface area (Å²) in [6.45, 7) is 1.62. The molecule has 1 heterocycles. The third kappa shape index (κ3) is 3.74. The summed E-state index contributed by atoms with van der Waals surface area (Å²) in [5, 5.41) is 0. The molecule has 4 heteroatoms. The van der Waals surface area contributed by atoms with Crippen LogP contribution in [0.4, 0.5) is 0 Å². The summed E-state index contributed by atoms with van der Waals surface area (Å²) in [4.78, 5) is 28.5. The van der Waals surface area contributed by atoms with Gasteiger partial charge in [0.2, 0.25) is 11.8 Å². The van der Waals surface area contributed by atoms with Gasteiger partial charge in [-0.05, 0) is 30.4 Å². The first-order chi connectivity index (χ1) is 11.1. The van der Waals surface area contributed by atoms with Crippen LogP contribution in [-0.2, 0) is 22.6 Å². The third-order valence-corrected chi connectivity index (χ3v) is 5.19. The molecule has 0 radical (unpaired) electrons. The number of fused-ring (bicyclic) bond motifs is 1. The Hall–Kier alpha value is -1.84. The lowest BCUT2D eigenvalue weighted by molar-refractivity contribution is -0.142. The maximum Gasteiger partial charge on any atom is 0.242 e. The highest BCUT2D eigenvalue weighted by molar-refractivity contribution is 5.86. The normalized spacial score (nSPS) is 18.4. The molecule has 0 spiro atoms. The van der Waals surface area contributed by atoms with Gasteiger partial charge in [-0.1, -0.05) is 43.5 Å². The summed E-state index contributed by atoms with van der Waals surface area (Å²) < 4.78 is 0. The van der Waals surface area contributed by atoms with E-state index in [0.29, 0.717) is 6.54 Å². The van der Waals surface area contributed by atoms with E-state index in [1.165, 1.54) is 17.5 Å². The molecule has 124 valence electrons. The molecule has 23 heavy (non-hydrogen) atoms. The van der Waals surface area contributed by atoms with Crippen LogP contribution in [0.3, 0.4) is 0 Å². The minimum atomic E-state index is 0.0613. The number of carbonyl (C=O) groups is 2. The molecular formula is C19H26N2O2. The highest BCUT2D eigenvalue weighted by Gasteiger charge is 2.27. The smallest absolute Gasteiger partial charge is 0.242 e. The number of rotatable bonds is 3. The van der Waals surface area contributed by atoms with Crippen LogP contribution in [-0.4, -0.2) is 41.8 Å². The second kappa shape index (κ2) is 7.16. The maximum absolute atomic E-state index is 12.5. The summed E-state index contributed by atoms with van der Waals surface area (Å²) in [5.41, 5.74) is 2.57. The van der Waals surface area contributed by atoms with Crippen LogP contribution in [0.25, 0.3) is 0 Å². The molecule has 0 atom stereocenters. The van der Waals surface area contributed by atoms with E-state index in [1.807, 2.05) is 17.0 Å². The number of hydrogen-bond donors (Lipinski definition) is 0. The predicted octanol–water partition coefficient (Wildman–Crippen LogP) is 2.61. The molecule has 4 nitrogen and oxygen atoms in total. The summed E-state index contributed by atoms with van der Waals surface area (Å²) in [5.74, 6) is 0.338. The lowest BCUT2D eigenvalue weighted by atomic mass is 9.88. The van der Waals surface area contributed by atoms with Gasteiger partial charge in [-0.3, -0.25) is 9.59 Å². The molecular weight excluding hydrogens is 288 g/mol. The molecule has 1 fully saturated rings. The summed E-state index contributed by atoms with van der Waals surface area (Å²) in [6, 6.07) is 8.29. The molecule has 0 bridgehead atoms. The molecule has 2 amide bonds. The summed E-state index contributed by atoms with van der Waals surface area (Å²) in [7, 11) is 1.77. The van der Waals surface area contributed by atoms with Crippen molar-refractivity contribution in [1.82, 2.24) is 9.80 Å². The van der Waals surface area contributed by atoms with Crippen molar-refractivity contribution < 1.29 is 9.59 Å². The van der Waals surface area contributed by atoms with Crippen LogP contribution in [0.2, 0.25) is 0 Å². The first-order valence-electron chi connectivity index (χ1n) is 8.74. The standard InChI is InChI=1S/C19H26N2O2/c1-20(19(23)16-8-3-2-4-9-16)14-18(22)21-12-11-15-7-5-6-10-17(15)13-21/h5-7,10,16H,2-4,8-9,11-14H2,1H3. The van der Waals surface area contributed by atoms with Gasteiger partial charge >= 0.3 is 0 Å². The fourth-order valence-corrected chi connectivity index (χ4v) is 3.75. The molecule has 1 aliphatic carbocycles. The van der Waals surface area contributed by atoms with Gasteiger partial charge in [0.15, 0.2) is 0 Å². The Balaban J connectivity index is 1.55. The SMILES string of the molecule is CN(CC(=O)N1CCc2ccccc2C1)C(=O)C1CCCCC1. The summed E-state index contributed by atoms with van der Waals surface area (Å²) in [6.07, 6.45) is 6.38. The van der Waals surface area contributed by atoms with Gasteiger partial charge in [0.1, 0.15) is 0 Å².